The Hall–Kier alpha value is -1.40. The van der Waals surface area contributed by atoms with Crippen molar-refractivity contribution in [3.05, 3.63) is 29.8 Å². The van der Waals surface area contributed by atoms with Crippen LogP contribution in [0.2, 0.25) is 0 Å². The van der Waals surface area contributed by atoms with Gasteiger partial charge in [0.2, 0.25) is 5.91 Å². The number of carbonyl (C=O) groups excluding carboxylic acids is 1. The summed E-state index contributed by atoms with van der Waals surface area (Å²) in [5, 5.41) is 2.44. The number of hydrogen-bond acceptors (Lipinski definition) is 4. The fourth-order valence-electron chi connectivity index (χ4n) is 1.36. The van der Waals surface area contributed by atoms with E-state index in [9.17, 15) is 13.2 Å². The number of amides is 1. The van der Waals surface area contributed by atoms with Crippen molar-refractivity contribution in [3.63, 3.8) is 0 Å². The second-order valence-electron chi connectivity index (χ2n) is 3.56. The molecule has 0 aromatic heterocycles. The lowest BCUT2D eigenvalue weighted by Crippen LogP contribution is -2.31. The van der Waals surface area contributed by atoms with Crippen LogP contribution in [0.15, 0.2) is 29.2 Å². The van der Waals surface area contributed by atoms with Gasteiger partial charge >= 0.3 is 0 Å². The van der Waals surface area contributed by atoms with Crippen LogP contribution >= 0.6 is 0 Å². The molecule has 0 aliphatic rings. The van der Waals surface area contributed by atoms with E-state index in [4.69, 9.17) is 5.73 Å². The van der Waals surface area contributed by atoms with Gasteiger partial charge in [-0.1, -0.05) is 19.1 Å². The Morgan fingerprint density at radius 2 is 1.88 bits per heavy atom. The molecule has 0 heterocycles. The average molecular weight is 256 g/mol. The molecule has 0 aliphatic heterocycles. The molecule has 17 heavy (non-hydrogen) atoms. The summed E-state index contributed by atoms with van der Waals surface area (Å²) in [7, 11) is -1.71. The fourth-order valence-corrected chi connectivity index (χ4v) is 2.24. The lowest BCUT2D eigenvalue weighted by atomic mass is 10.1. The van der Waals surface area contributed by atoms with Crippen molar-refractivity contribution in [1.82, 2.24) is 5.32 Å². The van der Waals surface area contributed by atoms with Crippen LogP contribution in [0.3, 0.4) is 0 Å². The number of rotatable bonds is 4. The van der Waals surface area contributed by atoms with Crippen LogP contribution in [0.4, 0.5) is 0 Å². The van der Waals surface area contributed by atoms with E-state index in [1.165, 1.54) is 19.2 Å². The summed E-state index contributed by atoms with van der Waals surface area (Å²) in [6.07, 6.45) is 0. The third-order valence-corrected chi connectivity index (χ3v) is 4.26. The molecule has 0 aliphatic carbocycles. The number of benzene rings is 1. The summed E-state index contributed by atoms with van der Waals surface area (Å²) in [6, 6.07) is 5.28. The zero-order valence-corrected chi connectivity index (χ0v) is 10.6. The van der Waals surface area contributed by atoms with Crippen LogP contribution in [-0.2, 0) is 14.6 Å². The summed E-state index contributed by atoms with van der Waals surface area (Å²) < 4.78 is 23.1. The van der Waals surface area contributed by atoms with Crippen molar-refractivity contribution in [3.8, 4) is 0 Å². The molecule has 6 heteroatoms. The minimum absolute atomic E-state index is 0.0495. The van der Waals surface area contributed by atoms with Crippen LogP contribution in [0.1, 0.15) is 18.5 Å². The van der Waals surface area contributed by atoms with Gasteiger partial charge in [0.25, 0.3) is 0 Å². The van der Waals surface area contributed by atoms with E-state index in [1.54, 1.807) is 19.1 Å². The zero-order chi connectivity index (χ0) is 13.1. The number of nitrogens with one attached hydrogen (secondary N) is 1. The minimum Gasteiger partial charge on any atom is -0.358 e. The summed E-state index contributed by atoms with van der Waals surface area (Å²) in [4.78, 5) is 11.5. The quantitative estimate of drug-likeness (QED) is 0.806. The largest absolute Gasteiger partial charge is 0.358 e. The monoisotopic (exact) mass is 256 g/mol. The molecule has 1 rings (SSSR count). The Morgan fingerprint density at radius 1 is 1.35 bits per heavy atom. The molecular formula is C11H16N2O3S. The molecule has 0 fully saturated rings. The predicted molar refractivity (Wildman–Crippen MR) is 65.2 cm³/mol. The summed E-state index contributed by atoms with van der Waals surface area (Å²) in [5.41, 5.74) is 6.26. The molecule has 1 aromatic rings. The first-order chi connectivity index (χ1) is 7.92. The van der Waals surface area contributed by atoms with Gasteiger partial charge in [-0.3, -0.25) is 4.79 Å². The first-order valence-corrected chi connectivity index (χ1v) is 6.87. The lowest BCUT2D eigenvalue weighted by molar-refractivity contribution is -0.121. The van der Waals surface area contributed by atoms with E-state index in [0.717, 1.165) is 0 Å². The van der Waals surface area contributed by atoms with Crippen molar-refractivity contribution in [1.29, 1.82) is 0 Å². The standard InChI is InChI=1S/C11H16N2O3S/c1-3-17(15,16)9-6-4-8(5-7-9)10(12)11(14)13-2/h4-7,10H,3,12H2,1-2H3,(H,13,14). The normalized spacial score (nSPS) is 13.1. The maximum absolute atomic E-state index is 11.6. The van der Waals surface area contributed by atoms with E-state index in [0.29, 0.717) is 5.56 Å². The molecule has 0 radical (unpaired) electrons. The number of carbonyl (C=O) groups is 1. The van der Waals surface area contributed by atoms with Crippen LogP contribution in [0.25, 0.3) is 0 Å². The molecule has 94 valence electrons. The van der Waals surface area contributed by atoms with E-state index in [1.807, 2.05) is 0 Å². The maximum Gasteiger partial charge on any atom is 0.241 e. The van der Waals surface area contributed by atoms with Crippen molar-refractivity contribution in [2.24, 2.45) is 5.73 Å². The molecule has 0 saturated heterocycles. The summed E-state index contributed by atoms with van der Waals surface area (Å²) >= 11 is 0. The number of likely N-dealkylation sites (N-methyl/N-ethyl adjacent to an activating group) is 1. The van der Waals surface area contributed by atoms with Crippen LogP contribution in [0, 0.1) is 0 Å². The van der Waals surface area contributed by atoms with Crippen molar-refractivity contribution in [2.45, 2.75) is 17.9 Å². The summed E-state index contributed by atoms with van der Waals surface area (Å²) in [5.74, 6) is -0.260. The SMILES string of the molecule is CCS(=O)(=O)c1ccc(C(N)C(=O)NC)cc1. The lowest BCUT2D eigenvalue weighted by Gasteiger charge is -2.10. The highest BCUT2D eigenvalue weighted by molar-refractivity contribution is 7.91. The van der Waals surface area contributed by atoms with Gasteiger partial charge in [-0.2, -0.15) is 0 Å². The van der Waals surface area contributed by atoms with Gasteiger partial charge in [-0.15, -0.1) is 0 Å². The van der Waals surface area contributed by atoms with Crippen molar-refractivity contribution >= 4 is 15.7 Å². The second kappa shape index (κ2) is 5.29. The highest BCUT2D eigenvalue weighted by atomic mass is 32.2. The Morgan fingerprint density at radius 3 is 2.29 bits per heavy atom. The van der Waals surface area contributed by atoms with E-state index < -0.39 is 15.9 Å². The molecule has 5 nitrogen and oxygen atoms in total. The zero-order valence-electron chi connectivity index (χ0n) is 9.80. The van der Waals surface area contributed by atoms with Gasteiger partial charge in [0.05, 0.1) is 10.6 Å². The van der Waals surface area contributed by atoms with Crippen LogP contribution in [0.5, 0.6) is 0 Å². The third kappa shape index (κ3) is 3.04. The van der Waals surface area contributed by atoms with Gasteiger partial charge in [0, 0.05) is 7.05 Å². The molecule has 1 atom stereocenters. The van der Waals surface area contributed by atoms with Gasteiger partial charge in [0.15, 0.2) is 9.84 Å². The molecular weight excluding hydrogens is 240 g/mol. The highest BCUT2D eigenvalue weighted by Gasteiger charge is 2.16. The molecule has 0 bridgehead atoms. The van der Waals surface area contributed by atoms with Gasteiger partial charge in [0.1, 0.15) is 6.04 Å². The Balaban J connectivity index is 3.00. The molecule has 1 amide bonds. The smallest absolute Gasteiger partial charge is 0.241 e. The van der Waals surface area contributed by atoms with Gasteiger partial charge in [-0.25, -0.2) is 8.42 Å². The Kier molecular flexibility index (Phi) is 4.25. The molecule has 0 spiro atoms. The highest BCUT2D eigenvalue weighted by Crippen LogP contribution is 2.16. The third-order valence-electron chi connectivity index (χ3n) is 2.51. The minimum atomic E-state index is -3.21. The second-order valence-corrected chi connectivity index (χ2v) is 5.84. The summed E-state index contributed by atoms with van der Waals surface area (Å²) in [6.45, 7) is 1.58. The van der Waals surface area contributed by atoms with Crippen molar-refractivity contribution < 1.29 is 13.2 Å². The Labute approximate surface area is 101 Å². The average Bonchev–Trinajstić information content (AvgIpc) is 2.37. The maximum atomic E-state index is 11.6. The van der Waals surface area contributed by atoms with Gasteiger partial charge < -0.3 is 11.1 Å². The topological polar surface area (TPSA) is 89.3 Å². The first kappa shape index (κ1) is 13.7. The molecule has 3 N–H and O–H groups in total. The van der Waals surface area contributed by atoms with Crippen LogP contribution in [-0.4, -0.2) is 27.1 Å². The van der Waals surface area contributed by atoms with E-state index in [2.05, 4.69) is 5.32 Å². The number of nitrogens with two attached hydrogens (primary N) is 1. The molecule has 1 aromatic carbocycles. The fraction of sp³-hybridized carbons (Fsp3) is 0.364. The van der Waals surface area contributed by atoms with Crippen molar-refractivity contribution in [2.75, 3.05) is 12.8 Å². The Bertz CT molecular complexity index is 494. The number of sulfone groups is 1. The molecule has 1 unspecified atom stereocenters. The van der Waals surface area contributed by atoms with E-state index >= 15 is 0 Å². The number of hydrogen-bond donors (Lipinski definition) is 2. The van der Waals surface area contributed by atoms with Gasteiger partial charge in [-0.05, 0) is 17.7 Å². The first-order valence-electron chi connectivity index (χ1n) is 5.22. The predicted octanol–water partition coefficient (Wildman–Crippen LogP) is 0.226. The van der Waals surface area contributed by atoms with Crippen LogP contribution < -0.4 is 11.1 Å². The van der Waals surface area contributed by atoms with E-state index in [-0.39, 0.29) is 16.6 Å². The molecule has 0 saturated carbocycles.